The summed E-state index contributed by atoms with van der Waals surface area (Å²) >= 11 is 1.32. The minimum atomic E-state index is -0.870. The van der Waals surface area contributed by atoms with Gasteiger partial charge in [0.05, 0.1) is 5.25 Å². The Morgan fingerprint density at radius 2 is 1.69 bits per heavy atom. The molecule has 1 heterocycles. The summed E-state index contributed by atoms with van der Waals surface area (Å²) in [5.74, 6) is -1.50. The van der Waals surface area contributed by atoms with Gasteiger partial charge in [-0.25, -0.2) is 0 Å². The molecule has 5 amide bonds. The van der Waals surface area contributed by atoms with Crippen LogP contribution in [0.25, 0.3) is 0 Å². The van der Waals surface area contributed by atoms with E-state index >= 15 is 0 Å². The maximum Gasteiger partial charge on any atom is 0.246 e. The highest BCUT2D eigenvalue weighted by Crippen LogP contribution is 2.23. The van der Waals surface area contributed by atoms with Gasteiger partial charge >= 0.3 is 0 Å². The molecule has 0 spiro atoms. The first kappa shape index (κ1) is 32.3. The molecule has 216 valence electrons. The monoisotopic (exact) mass is 560 g/mol. The van der Waals surface area contributed by atoms with E-state index in [1.54, 1.807) is 27.0 Å². The zero-order chi connectivity index (χ0) is 29.1. The molecule has 9 nitrogen and oxygen atoms in total. The van der Waals surface area contributed by atoms with Crippen molar-refractivity contribution in [2.45, 2.75) is 90.5 Å². The molecule has 0 aliphatic carbocycles. The molecule has 3 N–H and O–H groups in total. The van der Waals surface area contributed by atoms with Crippen molar-refractivity contribution in [2.75, 3.05) is 18.1 Å². The van der Waals surface area contributed by atoms with Gasteiger partial charge in [0.2, 0.25) is 29.5 Å². The number of likely N-dealkylation sites (tertiary alicyclic amines) is 1. The molecule has 0 bridgehead atoms. The van der Waals surface area contributed by atoms with Crippen LogP contribution in [0.5, 0.6) is 0 Å². The highest BCUT2D eigenvalue weighted by molar-refractivity contribution is 8.00. The summed E-state index contributed by atoms with van der Waals surface area (Å²) in [7, 11) is 0. The number of carbonyl (C=O) groups is 5. The predicted octanol–water partition coefficient (Wildman–Crippen LogP) is 3.52. The SMILES string of the molecule is CCCCC(C)Cc1ccc(NC(=O)[C@H](C)NC(=O)C(NC(=O)CCN2C(=O)CC(SC)C2=O)C(C)C)cc1. The van der Waals surface area contributed by atoms with Crippen molar-refractivity contribution in [1.82, 2.24) is 15.5 Å². The van der Waals surface area contributed by atoms with Crippen LogP contribution in [-0.4, -0.2) is 64.6 Å². The van der Waals surface area contributed by atoms with Crippen molar-refractivity contribution in [3.8, 4) is 0 Å². The summed E-state index contributed by atoms with van der Waals surface area (Å²) < 4.78 is 0. The molecular weight excluding hydrogens is 516 g/mol. The lowest BCUT2D eigenvalue weighted by atomic mass is 9.96. The van der Waals surface area contributed by atoms with Gasteiger partial charge in [-0.1, -0.05) is 59.1 Å². The maximum atomic E-state index is 12.9. The van der Waals surface area contributed by atoms with Crippen LogP contribution < -0.4 is 16.0 Å². The number of amides is 5. The van der Waals surface area contributed by atoms with Crippen LogP contribution in [-0.2, 0) is 30.4 Å². The van der Waals surface area contributed by atoms with E-state index in [9.17, 15) is 24.0 Å². The van der Waals surface area contributed by atoms with Crippen LogP contribution in [0.3, 0.4) is 0 Å². The number of nitrogens with zero attached hydrogens (tertiary/aromatic N) is 1. The lowest BCUT2D eigenvalue weighted by molar-refractivity contribution is -0.139. The molecule has 1 saturated heterocycles. The molecule has 10 heteroatoms. The molecular formula is C29H44N4O5S. The Hall–Kier alpha value is -2.88. The number of nitrogens with one attached hydrogen (secondary N) is 3. The lowest BCUT2D eigenvalue weighted by Crippen LogP contribution is -2.54. The summed E-state index contributed by atoms with van der Waals surface area (Å²) in [6, 6.07) is 6.05. The Balaban J connectivity index is 1.85. The Morgan fingerprint density at radius 1 is 1.03 bits per heavy atom. The topological polar surface area (TPSA) is 125 Å². The van der Waals surface area contributed by atoms with Gasteiger partial charge in [-0.15, -0.1) is 0 Å². The zero-order valence-corrected chi connectivity index (χ0v) is 24.9. The smallest absolute Gasteiger partial charge is 0.246 e. The fraction of sp³-hybridized carbons (Fsp3) is 0.621. The van der Waals surface area contributed by atoms with Gasteiger partial charge in [0.15, 0.2) is 0 Å². The second-order valence-corrected chi connectivity index (χ2v) is 11.8. The van der Waals surface area contributed by atoms with Crippen molar-refractivity contribution in [3.63, 3.8) is 0 Å². The number of rotatable bonds is 15. The van der Waals surface area contributed by atoms with Gasteiger partial charge in [0.25, 0.3) is 0 Å². The van der Waals surface area contributed by atoms with Gasteiger partial charge in [0.1, 0.15) is 12.1 Å². The van der Waals surface area contributed by atoms with Crippen LogP contribution in [0.15, 0.2) is 24.3 Å². The third kappa shape index (κ3) is 9.98. The molecule has 1 fully saturated rings. The van der Waals surface area contributed by atoms with E-state index in [1.807, 2.05) is 24.3 Å². The number of hydrogen-bond acceptors (Lipinski definition) is 6. The highest BCUT2D eigenvalue weighted by atomic mass is 32.2. The Bertz CT molecular complexity index is 1010. The van der Waals surface area contributed by atoms with E-state index in [-0.39, 0.29) is 43.0 Å². The molecule has 39 heavy (non-hydrogen) atoms. The molecule has 1 aliphatic rings. The standard InChI is InChI=1S/C29H44N4O5S/c1-7-8-9-19(4)16-21-10-12-22(13-11-21)31-27(36)20(5)30-28(37)26(18(2)3)32-24(34)14-15-33-25(35)17-23(39-6)29(33)38/h10-13,18-20,23,26H,7-9,14-17H2,1-6H3,(H,30,37)(H,31,36)(H,32,34)/t19?,20-,23?,26?/m0/s1. The largest absolute Gasteiger partial charge is 0.344 e. The summed E-state index contributed by atoms with van der Waals surface area (Å²) in [4.78, 5) is 63.7. The van der Waals surface area contributed by atoms with E-state index < -0.39 is 29.1 Å². The zero-order valence-electron chi connectivity index (χ0n) is 24.0. The van der Waals surface area contributed by atoms with Gasteiger partial charge in [-0.3, -0.25) is 28.9 Å². The predicted molar refractivity (Wildman–Crippen MR) is 155 cm³/mol. The number of benzene rings is 1. The van der Waals surface area contributed by atoms with Crippen molar-refractivity contribution in [1.29, 1.82) is 0 Å². The van der Waals surface area contributed by atoms with Gasteiger partial charge < -0.3 is 16.0 Å². The fourth-order valence-corrected chi connectivity index (χ4v) is 5.10. The lowest BCUT2D eigenvalue weighted by Gasteiger charge is -2.24. The van der Waals surface area contributed by atoms with Crippen molar-refractivity contribution >= 4 is 47.0 Å². The molecule has 2 rings (SSSR count). The van der Waals surface area contributed by atoms with Crippen LogP contribution in [0.1, 0.15) is 72.3 Å². The van der Waals surface area contributed by atoms with Crippen molar-refractivity contribution in [3.05, 3.63) is 29.8 Å². The molecule has 1 aromatic rings. The average Bonchev–Trinajstić information content (AvgIpc) is 3.17. The molecule has 1 aromatic carbocycles. The number of hydrogen-bond donors (Lipinski definition) is 3. The summed E-state index contributed by atoms with van der Waals surface area (Å²) in [5.41, 5.74) is 1.87. The molecule has 3 unspecified atom stereocenters. The van der Waals surface area contributed by atoms with Gasteiger partial charge in [0, 0.05) is 25.1 Å². The van der Waals surface area contributed by atoms with Crippen LogP contribution in [0.4, 0.5) is 5.69 Å². The third-order valence-electron chi connectivity index (χ3n) is 6.92. The Labute approximate surface area is 236 Å². The van der Waals surface area contributed by atoms with Crippen molar-refractivity contribution < 1.29 is 24.0 Å². The number of unbranched alkanes of at least 4 members (excludes halogenated alkanes) is 1. The van der Waals surface area contributed by atoms with Crippen LogP contribution in [0.2, 0.25) is 0 Å². The highest BCUT2D eigenvalue weighted by Gasteiger charge is 2.38. The summed E-state index contributed by atoms with van der Waals surface area (Å²) in [5, 5.41) is 7.79. The quantitative estimate of drug-likeness (QED) is 0.282. The minimum absolute atomic E-state index is 0.0256. The second-order valence-electron chi connectivity index (χ2n) is 10.7. The molecule has 1 aliphatic heterocycles. The molecule has 0 aromatic heterocycles. The normalized spacial score (nSPS) is 17.6. The number of carbonyl (C=O) groups excluding carboxylic acids is 5. The molecule has 0 radical (unpaired) electrons. The number of imide groups is 1. The molecule has 0 saturated carbocycles. The van der Waals surface area contributed by atoms with E-state index in [4.69, 9.17) is 0 Å². The summed E-state index contributed by atoms with van der Waals surface area (Å²) in [6.45, 7) is 9.58. The van der Waals surface area contributed by atoms with Gasteiger partial charge in [-0.2, -0.15) is 11.8 Å². The fourth-order valence-electron chi connectivity index (χ4n) is 4.47. The van der Waals surface area contributed by atoms with E-state index in [1.165, 1.54) is 36.6 Å². The maximum absolute atomic E-state index is 12.9. The second kappa shape index (κ2) is 15.6. The van der Waals surface area contributed by atoms with E-state index in [0.717, 1.165) is 11.3 Å². The van der Waals surface area contributed by atoms with Crippen LogP contribution in [0, 0.1) is 11.8 Å². The van der Waals surface area contributed by atoms with E-state index in [0.29, 0.717) is 11.6 Å². The minimum Gasteiger partial charge on any atom is -0.344 e. The third-order valence-corrected chi connectivity index (χ3v) is 7.86. The van der Waals surface area contributed by atoms with E-state index in [2.05, 4.69) is 29.8 Å². The number of anilines is 1. The summed E-state index contributed by atoms with van der Waals surface area (Å²) in [6.07, 6.45) is 6.41. The average molecular weight is 561 g/mol. The first-order chi connectivity index (χ1) is 18.5. The first-order valence-corrected chi connectivity index (χ1v) is 15.1. The van der Waals surface area contributed by atoms with Crippen LogP contribution >= 0.6 is 11.8 Å². The van der Waals surface area contributed by atoms with Gasteiger partial charge in [-0.05, 0) is 49.1 Å². The Kier molecular flexibility index (Phi) is 13.0. The van der Waals surface area contributed by atoms with Crippen molar-refractivity contribution in [2.24, 2.45) is 11.8 Å². The Morgan fingerprint density at radius 3 is 2.26 bits per heavy atom. The number of thioether (sulfide) groups is 1. The first-order valence-electron chi connectivity index (χ1n) is 13.8. The molecule has 4 atom stereocenters.